The number of nitrogens with zero attached hydrogens (tertiary/aromatic N) is 1. The van der Waals surface area contributed by atoms with Gasteiger partial charge in [0.05, 0.1) is 12.6 Å². The quantitative estimate of drug-likeness (QED) is 0.748. The molecule has 100 valence electrons. The number of carbonyl (C=O) groups is 1. The fourth-order valence-electron chi connectivity index (χ4n) is 2.12. The van der Waals surface area contributed by atoms with E-state index in [2.05, 4.69) is 6.92 Å². The molecule has 0 spiro atoms. The van der Waals surface area contributed by atoms with Gasteiger partial charge in [-0.3, -0.25) is 0 Å². The Hall–Kier alpha value is -0.770. The van der Waals surface area contributed by atoms with Crippen LogP contribution < -0.4 is 0 Å². The maximum absolute atomic E-state index is 12.1. The smallest absolute Gasteiger partial charge is 0.410 e. The van der Waals surface area contributed by atoms with Crippen molar-refractivity contribution in [3.05, 3.63) is 0 Å². The molecule has 1 rings (SSSR count). The average Bonchev–Trinajstić information content (AvgIpc) is 2.18. The van der Waals surface area contributed by atoms with Gasteiger partial charge < -0.3 is 14.4 Å². The standard InChI is InChI=1S/C13H25NO3/c1-10-6-7-11(9-16-5)14(8-10)12(15)17-13(2,3)4/h10-11H,6-9H2,1-5H3. The Morgan fingerprint density at radius 1 is 1.35 bits per heavy atom. The predicted molar refractivity (Wildman–Crippen MR) is 67.0 cm³/mol. The molecule has 0 N–H and O–H groups in total. The average molecular weight is 243 g/mol. The summed E-state index contributed by atoms with van der Waals surface area (Å²) in [4.78, 5) is 13.9. The number of hydrogen-bond donors (Lipinski definition) is 0. The molecule has 1 saturated heterocycles. The molecule has 4 nitrogen and oxygen atoms in total. The molecule has 4 heteroatoms. The molecule has 0 saturated carbocycles. The summed E-state index contributed by atoms with van der Waals surface area (Å²) in [5, 5.41) is 0. The number of amides is 1. The molecule has 1 amide bonds. The Kier molecular flexibility index (Phi) is 4.80. The highest BCUT2D eigenvalue weighted by atomic mass is 16.6. The third kappa shape index (κ3) is 4.54. The second-order valence-corrected chi connectivity index (χ2v) is 5.92. The van der Waals surface area contributed by atoms with Crippen molar-refractivity contribution in [2.75, 3.05) is 20.3 Å². The second kappa shape index (κ2) is 5.71. The normalized spacial score (nSPS) is 25.8. The number of methoxy groups -OCH3 is 1. The summed E-state index contributed by atoms with van der Waals surface area (Å²) in [5.74, 6) is 0.538. The molecule has 17 heavy (non-hydrogen) atoms. The highest BCUT2D eigenvalue weighted by Crippen LogP contribution is 2.24. The molecular formula is C13H25NO3. The highest BCUT2D eigenvalue weighted by Gasteiger charge is 2.32. The SMILES string of the molecule is COCC1CCC(C)CN1C(=O)OC(C)(C)C. The van der Waals surface area contributed by atoms with E-state index in [1.54, 1.807) is 7.11 Å². The lowest BCUT2D eigenvalue weighted by molar-refractivity contribution is -0.00903. The van der Waals surface area contributed by atoms with Crippen LogP contribution in [0.1, 0.15) is 40.5 Å². The van der Waals surface area contributed by atoms with Crippen molar-refractivity contribution < 1.29 is 14.3 Å². The molecule has 0 aromatic carbocycles. The summed E-state index contributed by atoms with van der Waals surface area (Å²) in [6, 6.07) is 0.158. The van der Waals surface area contributed by atoms with Crippen molar-refractivity contribution in [1.29, 1.82) is 0 Å². The minimum atomic E-state index is -0.435. The number of likely N-dealkylation sites (tertiary alicyclic amines) is 1. The Labute approximate surface area is 104 Å². The molecule has 1 heterocycles. The molecule has 1 fully saturated rings. The minimum absolute atomic E-state index is 0.158. The van der Waals surface area contributed by atoms with Crippen LogP contribution in [0.5, 0.6) is 0 Å². The summed E-state index contributed by atoms with van der Waals surface area (Å²) in [7, 11) is 1.67. The highest BCUT2D eigenvalue weighted by molar-refractivity contribution is 5.68. The van der Waals surface area contributed by atoms with Crippen molar-refractivity contribution in [2.24, 2.45) is 5.92 Å². The second-order valence-electron chi connectivity index (χ2n) is 5.92. The summed E-state index contributed by atoms with van der Waals surface area (Å²) >= 11 is 0. The Morgan fingerprint density at radius 2 is 2.00 bits per heavy atom. The van der Waals surface area contributed by atoms with Crippen LogP contribution in [0.25, 0.3) is 0 Å². The van der Waals surface area contributed by atoms with Gasteiger partial charge >= 0.3 is 6.09 Å². The van der Waals surface area contributed by atoms with Gasteiger partial charge in [-0.25, -0.2) is 4.79 Å². The molecule has 1 aliphatic heterocycles. The molecule has 1 aliphatic rings. The van der Waals surface area contributed by atoms with E-state index in [1.165, 1.54) is 0 Å². The van der Waals surface area contributed by atoms with Crippen molar-refractivity contribution in [3.63, 3.8) is 0 Å². The first-order chi connectivity index (χ1) is 7.83. The zero-order chi connectivity index (χ0) is 13.1. The zero-order valence-electron chi connectivity index (χ0n) is 11.7. The fraction of sp³-hybridized carbons (Fsp3) is 0.923. The van der Waals surface area contributed by atoms with Crippen LogP contribution in [0.3, 0.4) is 0 Å². The van der Waals surface area contributed by atoms with E-state index in [0.717, 1.165) is 19.4 Å². The van der Waals surface area contributed by atoms with E-state index in [0.29, 0.717) is 12.5 Å². The van der Waals surface area contributed by atoms with Gasteiger partial charge in [-0.05, 0) is 39.5 Å². The largest absolute Gasteiger partial charge is 0.444 e. The number of hydrogen-bond acceptors (Lipinski definition) is 3. The Bertz CT molecular complexity index is 260. The van der Waals surface area contributed by atoms with Crippen LogP contribution in [0, 0.1) is 5.92 Å². The molecule has 0 aliphatic carbocycles. The van der Waals surface area contributed by atoms with E-state index in [-0.39, 0.29) is 12.1 Å². The van der Waals surface area contributed by atoms with Crippen LogP contribution >= 0.6 is 0 Å². The van der Waals surface area contributed by atoms with Gasteiger partial charge in [0, 0.05) is 13.7 Å². The maximum atomic E-state index is 12.1. The molecule has 0 bridgehead atoms. The van der Waals surface area contributed by atoms with Crippen LogP contribution in [0.2, 0.25) is 0 Å². The van der Waals surface area contributed by atoms with Crippen molar-refractivity contribution >= 4 is 6.09 Å². The lowest BCUT2D eigenvalue weighted by atomic mass is 9.95. The number of piperidine rings is 1. The third-order valence-corrected chi connectivity index (χ3v) is 2.93. The van der Waals surface area contributed by atoms with Gasteiger partial charge in [-0.2, -0.15) is 0 Å². The van der Waals surface area contributed by atoms with Gasteiger partial charge in [-0.15, -0.1) is 0 Å². The number of ether oxygens (including phenoxy) is 2. The Balaban J connectivity index is 2.65. The van der Waals surface area contributed by atoms with Crippen LogP contribution in [-0.4, -0.2) is 42.9 Å². The molecular weight excluding hydrogens is 218 g/mol. The van der Waals surface area contributed by atoms with Gasteiger partial charge in [0.15, 0.2) is 0 Å². The summed E-state index contributed by atoms with van der Waals surface area (Å²) in [5.41, 5.74) is -0.435. The first-order valence-corrected chi connectivity index (χ1v) is 6.32. The lowest BCUT2D eigenvalue weighted by Crippen LogP contribution is -2.50. The summed E-state index contributed by atoms with van der Waals surface area (Å²) < 4.78 is 10.6. The maximum Gasteiger partial charge on any atom is 0.410 e. The monoisotopic (exact) mass is 243 g/mol. The number of rotatable bonds is 2. The van der Waals surface area contributed by atoms with Crippen LogP contribution in [0.4, 0.5) is 4.79 Å². The van der Waals surface area contributed by atoms with Gasteiger partial charge in [-0.1, -0.05) is 6.92 Å². The first kappa shape index (κ1) is 14.3. The van der Waals surface area contributed by atoms with E-state index >= 15 is 0 Å². The Morgan fingerprint density at radius 3 is 2.53 bits per heavy atom. The number of carbonyl (C=O) groups excluding carboxylic acids is 1. The molecule has 0 radical (unpaired) electrons. The van der Waals surface area contributed by atoms with Crippen molar-refractivity contribution in [3.8, 4) is 0 Å². The van der Waals surface area contributed by atoms with E-state index in [9.17, 15) is 4.79 Å². The van der Waals surface area contributed by atoms with Gasteiger partial charge in [0.2, 0.25) is 0 Å². The van der Waals surface area contributed by atoms with Crippen molar-refractivity contribution in [1.82, 2.24) is 4.90 Å². The van der Waals surface area contributed by atoms with Crippen LogP contribution in [0.15, 0.2) is 0 Å². The molecule has 2 atom stereocenters. The topological polar surface area (TPSA) is 38.8 Å². The van der Waals surface area contributed by atoms with Gasteiger partial charge in [0.1, 0.15) is 5.60 Å². The van der Waals surface area contributed by atoms with Crippen molar-refractivity contribution in [2.45, 2.75) is 52.2 Å². The first-order valence-electron chi connectivity index (χ1n) is 6.32. The summed E-state index contributed by atoms with van der Waals surface area (Å²) in [6.45, 7) is 9.20. The molecule has 2 unspecified atom stereocenters. The molecule has 0 aromatic rings. The third-order valence-electron chi connectivity index (χ3n) is 2.93. The fourth-order valence-corrected chi connectivity index (χ4v) is 2.12. The van der Waals surface area contributed by atoms with Crippen LogP contribution in [-0.2, 0) is 9.47 Å². The predicted octanol–water partition coefficient (Wildman–Crippen LogP) is 2.67. The lowest BCUT2D eigenvalue weighted by Gasteiger charge is -2.38. The van der Waals surface area contributed by atoms with E-state index in [1.807, 2.05) is 25.7 Å². The minimum Gasteiger partial charge on any atom is -0.444 e. The van der Waals surface area contributed by atoms with E-state index < -0.39 is 5.60 Å². The van der Waals surface area contributed by atoms with Gasteiger partial charge in [0.25, 0.3) is 0 Å². The zero-order valence-corrected chi connectivity index (χ0v) is 11.7. The van der Waals surface area contributed by atoms with E-state index in [4.69, 9.17) is 9.47 Å². The molecule has 0 aromatic heterocycles. The summed E-state index contributed by atoms with van der Waals surface area (Å²) in [6.07, 6.45) is 1.92.